The van der Waals surface area contributed by atoms with Crippen molar-refractivity contribution in [3.05, 3.63) is 0 Å². The maximum atomic E-state index is 12.3. The molecule has 0 atom stereocenters. The molecular weight excluding hydrogens is 328 g/mol. The van der Waals surface area contributed by atoms with Gasteiger partial charge in [-0.1, -0.05) is 13.8 Å². The van der Waals surface area contributed by atoms with Crippen molar-refractivity contribution in [2.75, 3.05) is 12.4 Å². The fraction of sp³-hybridized carbons (Fsp3) is 1.00. The van der Waals surface area contributed by atoms with Gasteiger partial charge in [0.05, 0.1) is 12.4 Å². The van der Waals surface area contributed by atoms with Crippen LogP contribution in [0.4, 0.5) is 26.3 Å². The number of alkyl halides is 6. The molecule has 0 unspecified atom stereocenters. The predicted octanol–water partition coefficient (Wildman–Crippen LogP) is 2.59. The highest BCUT2D eigenvalue weighted by atomic mass is 32.2. The van der Waals surface area contributed by atoms with Gasteiger partial charge in [-0.25, -0.2) is 13.6 Å². The van der Waals surface area contributed by atoms with E-state index in [4.69, 9.17) is 5.14 Å². The minimum absolute atomic E-state index is 0.00235. The number of hydrogen-bond donors (Lipinski definition) is 1. The number of rotatable bonds is 7. The minimum Gasteiger partial charge on any atom is -0.360 e. The van der Waals surface area contributed by atoms with Crippen LogP contribution in [0.25, 0.3) is 0 Å². The van der Waals surface area contributed by atoms with Crippen molar-refractivity contribution in [2.24, 2.45) is 10.6 Å². The lowest BCUT2D eigenvalue weighted by Crippen LogP contribution is -2.47. The molecule has 0 saturated heterocycles. The Bertz CT molecular complexity index is 413. The van der Waals surface area contributed by atoms with Crippen LogP contribution in [0.1, 0.15) is 26.7 Å². The first-order valence-corrected chi connectivity index (χ1v) is 7.64. The van der Waals surface area contributed by atoms with Crippen LogP contribution in [0.3, 0.4) is 0 Å². The first-order valence-electron chi connectivity index (χ1n) is 5.92. The van der Waals surface area contributed by atoms with Crippen molar-refractivity contribution in [1.29, 1.82) is 0 Å². The van der Waals surface area contributed by atoms with Crippen LogP contribution in [-0.4, -0.2) is 39.2 Å². The molecule has 0 aliphatic heterocycles. The van der Waals surface area contributed by atoms with Crippen molar-refractivity contribution in [2.45, 2.75) is 45.1 Å². The van der Waals surface area contributed by atoms with Crippen molar-refractivity contribution in [3.63, 3.8) is 0 Å². The highest BCUT2D eigenvalue weighted by molar-refractivity contribution is 7.89. The molecule has 0 radical (unpaired) electrons. The molecule has 21 heavy (non-hydrogen) atoms. The molecule has 0 heterocycles. The van der Waals surface area contributed by atoms with E-state index < -0.39 is 46.3 Å². The second-order valence-corrected chi connectivity index (χ2v) is 6.40. The lowest BCUT2D eigenvalue weighted by molar-refractivity contribution is -0.325. The fourth-order valence-corrected chi connectivity index (χ4v) is 3.11. The Kier molecular flexibility index (Phi) is 6.52. The molecule has 2 N–H and O–H groups in total. The average Bonchev–Trinajstić information content (AvgIpc) is 2.22. The van der Waals surface area contributed by atoms with Gasteiger partial charge in [-0.3, -0.25) is 0 Å². The average molecular weight is 345 g/mol. The molecular formula is C10H17F6NO3S. The molecule has 0 bridgehead atoms. The molecule has 11 heteroatoms. The van der Waals surface area contributed by atoms with Crippen LogP contribution in [0.15, 0.2) is 0 Å². The molecule has 0 amide bonds. The largest absolute Gasteiger partial charge is 0.423 e. The van der Waals surface area contributed by atoms with Crippen molar-refractivity contribution in [1.82, 2.24) is 0 Å². The van der Waals surface area contributed by atoms with Gasteiger partial charge in [-0.05, 0) is 12.8 Å². The highest BCUT2D eigenvalue weighted by Crippen LogP contribution is 2.38. The number of ether oxygens (including phenoxy) is 1. The standard InChI is InChI=1S/C10H17F6NO3S/c1-3-8(4-2,6-21(17,18)19)5-20-7(9(11,12)13)10(14,15)16/h7H,3-6H2,1-2H3,(H2,17,18,19). The summed E-state index contributed by atoms with van der Waals surface area (Å²) in [6.07, 6.45) is -15.2. The fourth-order valence-electron chi connectivity index (χ4n) is 1.76. The maximum Gasteiger partial charge on any atom is 0.423 e. The third kappa shape index (κ3) is 6.83. The number of sulfonamides is 1. The smallest absolute Gasteiger partial charge is 0.360 e. The second kappa shape index (κ2) is 6.69. The van der Waals surface area contributed by atoms with E-state index >= 15 is 0 Å². The van der Waals surface area contributed by atoms with Gasteiger partial charge in [0.15, 0.2) is 0 Å². The van der Waals surface area contributed by atoms with Crippen molar-refractivity contribution < 1.29 is 39.5 Å². The Morgan fingerprint density at radius 1 is 1.00 bits per heavy atom. The van der Waals surface area contributed by atoms with Gasteiger partial charge in [0, 0.05) is 5.41 Å². The molecule has 0 aliphatic rings. The lowest BCUT2D eigenvalue weighted by Gasteiger charge is -2.33. The van der Waals surface area contributed by atoms with Gasteiger partial charge >= 0.3 is 12.4 Å². The summed E-state index contributed by atoms with van der Waals surface area (Å²) >= 11 is 0. The SMILES string of the molecule is CCC(CC)(COC(C(F)(F)F)C(F)(F)F)CS(N)(=O)=O. The molecule has 4 nitrogen and oxygen atoms in total. The summed E-state index contributed by atoms with van der Waals surface area (Å²) in [4.78, 5) is 0. The maximum absolute atomic E-state index is 12.3. The van der Waals surface area contributed by atoms with Crippen LogP contribution in [-0.2, 0) is 14.8 Å². The summed E-state index contributed by atoms with van der Waals surface area (Å²) in [7, 11) is -4.07. The predicted molar refractivity (Wildman–Crippen MR) is 62.8 cm³/mol. The second-order valence-electron chi connectivity index (χ2n) is 4.79. The molecule has 0 fully saturated rings. The summed E-state index contributed by atoms with van der Waals surface area (Å²) < 4.78 is 100. The molecule has 0 spiro atoms. The first-order chi connectivity index (χ1) is 9.17. The molecule has 0 aromatic carbocycles. The Labute approximate surface area is 118 Å². The van der Waals surface area contributed by atoms with E-state index in [1.165, 1.54) is 13.8 Å². The van der Waals surface area contributed by atoms with Crippen LogP contribution in [0, 0.1) is 5.41 Å². The molecule has 0 aromatic rings. The summed E-state index contributed by atoms with van der Waals surface area (Å²) in [6.45, 7) is 1.86. The zero-order chi connectivity index (χ0) is 17.1. The Balaban J connectivity index is 5.20. The Morgan fingerprint density at radius 2 is 1.38 bits per heavy atom. The summed E-state index contributed by atoms with van der Waals surface area (Å²) in [5.41, 5.74) is -1.40. The topological polar surface area (TPSA) is 69.4 Å². The van der Waals surface area contributed by atoms with Crippen LogP contribution >= 0.6 is 0 Å². The third-order valence-electron chi connectivity index (χ3n) is 3.16. The third-order valence-corrected chi connectivity index (χ3v) is 4.17. The summed E-state index contributed by atoms with van der Waals surface area (Å²) in [6, 6.07) is 0. The molecule has 0 aliphatic carbocycles. The van der Waals surface area contributed by atoms with Gasteiger partial charge in [0.2, 0.25) is 16.1 Å². The van der Waals surface area contributed by atoms with Gasteiger partial charge in [0.1, 0.15) is 0 Å². The van der Waals surface area contributed by atoms with E-state index in [2.05, 4.69) is 4.74 Å². The van der Waals surface area contributed by atoms with Crippen molar-refractivity contribution >= 4 is 10.0 Å². The first kappa shape index (κ1) is 20.5. The zero-order valence-corrected chi connectivity index (χ0v) is 12.2. The van der Waals surface area contributed by atoms with Gasteiger partial charge < -0.3 is 4.74 Å². The summed E-state index contributed by atoms with van der Waals surface area (Å²) in [5, 5.41) is 4.82. The number of primary sulfonamides is 1. The lowest BCUT2D eigenvalue weighted by atomic mass is 9.85. The van der Waals surface area contributed by atoms with Gasteiger partial charge in [-0.15, -0.1) is 0 Å². The number of halogens is 6. The van der Waals surface area contributed by atoms with E-state index in [1.807, 2.05) is 0 Å². The molecule has 0 rings (SSSR count). The van der Waals surface area contributed by atoms with E-state index in [0.29, 0.717) is 0 Å². The number of nitrogens with two attached hydrogens (primary N) is 1. The van der Waals surface area contributed by atoms with E-state index in [1.54, 1.807) is 0 Å². The normalized spacial score (nSPS) is 14.8. The molecule has 0 saturated carbocycles. The van der Waals surface area contributed by atoms with Gasteiger partial charge in [0.25, 0.3) is 0 Å². The van der Waals surface area contributed by atoms with E-state index in [-0.39, 0.29) is 12.8 Å². The van der Waals surface area contributed by atoms with Crippen LogP contribution in [0.5, 0.6) is 0 Å². The summed E-state index contributed by atoms with van der Waals surface area (Å²) in [5.74, 6) is -0.755. The quantitative estimate of drug-likeness (QED) is 0.721. The van der Waals surface area contributed by atoms with Crippen molar-refractivity contribution in [3.8, 4) is 0 Å². The highest BCUT2D eigenvalue weighted by Gasteiger charge is 2.58. The Morgan fingerprint density at radius 3 is 1.62 bits per heavy atom. The van der Waals surface area contributed by atoms with E-state index in [0.717, 1.165) is 0 Å². The van der Waals surface area contributed by atoms with Crippen LogP contribution in [0.2, 0.25) is 0 Å². The zero-order valence-electron chi connectivity index (χ0n) is 11.4. The van der Waals surface area contributed by atoms with E-state index in [9.17, 15) is 34.8 Å². The minimum atomic E-state index is -5.63. The Hall–Kier alpha value is -0.550. The molecule has 0 aromatic heterocycles. The molecule has 128 valence electrons. The number of hydrogen-bond acceptors (Lipinski definition) is 3. The van der Waals surface area contributed by atoms with Crippen LogP contribution < -0.4 is 5.14 Å². The monoisotopic (exact) mass is 345 g/mol. The van der Waals surface area contributed by atoms with Gasteiger partial charge in [-0.2, -0.15) is 26.3 Å².